The van der Waals surface area contributed by atoms with Crippen molar-refractivity contribution >= 4 is 17.4 Å². The first-order valence-corrected chi connectivity index (χ1v) is 11.2. The Morgan fingerprint density at radius 1 is 1.09 bits per heavy atom. The molecule has 2 heterocycles. The van der Waals surface area contributed by atoms with E-state index in [1.807, 2.05) is 23.8 Å². The number of nitrogens with zero attached hydrogens (tertiary/aromatic N) is 3. The highest BCUT2D eigenvalue weighted by Gasteiger charge is 2.46. The Balaban J connectivity index is 1.76. The average Bonchev–Trinajstić information content (AvgIpc) is 3.47. The Morgan fingerprint density at radius 2 is 1.88 bits per heavy atom. The minimum atomic E-state index is -0.757. The summed E-state index contributed by atoms with van der Waals surface area (Å²) < 4.78 is 13.0. The van der Waals surface area contributed by atoms with Gasteiger partial charge < -0.3 is 24.0 Å². The number of hydrogen-bond acceptors (Lipinski definition) is 6. The number of aliphatic hydroxyl groups excluding tert-OH is 1. The summed E-state index contributed by atoms with van der Waals surface area (Å²) in [6.07, 6.45) is 5.86. The Kier molecular flexibility index (Phi) is 6.96. The molecule has 8 heteroatoms. The summed E-state index contributed by atoms with van der Waals surface area (Å²) in [4.78, 5) is 31.8. The summed E-state index contributed by atoms with van der Waals surface area (Å²) in [5, 5.41) is 11.1. The van der Waals surface area contributed by atoms with Gasteiger partial charge >= 0.3 is 0 Å². The highest BCUT2D eigenvalue weighted by Crippen LogP contribution is 2.42. The van der Waals surface area contributed by atoms with Gasteiger partial charge in [0, 0.05) is 31.0 Å². The molecule has 1 atom stereocenters. The molecule has 176 valence electrons. The molecule has 0 spiro atoms. The number of imidazole rings is 1. The molecule has 0 bridgehead atoms. The molecule has 0 radical (unpaired) electrons. The summed E-state index contributed by atoms with van der Waals surface area (Å²) in [7, 11) is 1.54. The summed E-state index contributed by atoms with van der Waals surface area (Å²) >= 11 is 0. The number of hydrogen-bond donors (Lipinski definition) is 1. The van der Waals surface area contributed by atoms with E-state index in [1.165, 1.54) is 12.0 Å². The van der Waals surface area contributed by atoms with Gasteiger partial charge in [0.2, 0.25) is 0 Å². The van der Waals surface area contributed by atoms with Crippen molar-refractivity contribution in [3.05, 3.63) is 84.0 Å². The Labute approximate surface area is 198 Å². The van der Waals surface area contributed by atoms with E-state index in [1.54, 1.807) is 55.0 Å². The van der Waals surface area contributed by atoms with Crippen LogP contribution in [0.25, 0.3) is 5.76 Å². The molecule has 1 aliphatic rings. The number of carbonyl (C=O) groups is 2. The quantitative estimate of drug-likeness (QED) is 0.296. The lowest BCUT2D eigenvalue weighted by atomic mass is 9.95. The van der Waals surface area contributed by atoms with E-state index in [0.29, 0.717) is 48.7 Å². The van der Waals surface area contributed by atoms with E-state index >= 15 is 0 Å². The number of aliphatic hydroxyl groups is 1. The van der Waals surface area contributed by atoms with Crippen molar-refractivity contribution in [2.45, 2.75) is 25.9 Å². The topological polar surface area (TPSA) is 93.9 Å². The van der Waals surface area contributed by atoms with Crippen LogP contribution >= 0.6 is 0 Å². The molecule has 1 saturated heterocycles. The van der Waals surface area contributed by atoms with Gasteiger partial charge in [-0.25, -0.2) is 4.98 Å². The van der Waals surface area contributed by atoms with Crippen LogP contribution in [0.2, 0.25) is 0 Å². The zero-order chi connectivity index (χ0) is 24.1. The number of aryl methyl sites for hydroxylation is 1. The third kappa shape index (κ3) is 4.52. The first kappa shape index (κ1) is 23.1. The minimum Gasteiger partial charge on any atom is -0.507 e. The number of methoxy groups -OCH3 is 1. The Morgan fingerprint density at radius 3 is 2.56 bits per heavy atom. The Bertz CT molecular complexity index is 1190. The third-order valence-corrected chi connectivity index (χ3v) is 5.76. The molecule has 1 amide bonds. The fourth-order valence-electron chi connectivity index (χ4n) is 4.18. The molecular formula is C26H27N3O5. The fourth-order valence-corrected chi connectivity index (χ4v) is 4.18. The van der Waals surface area contributed by atoms with Crippen molar-refractivity contribution in [1.29, 1.82) is 0 Å². The summed E-state index contributed by atoms with van der Waals surface area (Å²) in [5.74, 6) is -0.492. The normalized spacial score (nSPS) is 17.2. The van der Waals surface area contributed by atoms with Gasteiger partial charge in [-0.3, -0.25) is 9.59 Å². The molecule has 1 N–H and O–H groups in total. The first-order valence-electron chi connectivity index (χ1n) is 11.2. The van der Waals surface area contributed by atoms with Gasteiger partial charge in [-0.15, -0.1) is 0 Å². The van der Waals surface area contributed by atoms with Gasteiger partial charge in [-0.05, 0) is 31.0 Å². The van der Waals surface area contributed by atoms with E-state index < -0.39 is 17.7 Å². The van der Waals surface area contributed by atoms with Crippen molar-refractivity contribution in [2.24, 2.45) is 0 Å². The number of ether oxygens (including phenoxy) is 2. The van der Waals surface area contributed by atoms with Gasteiger partial charge in [-0.1, -0.05) is 36.4 Å². The number of Topliss-reactive ketones (excluding diaryl/α,β-unsaturated/α-hetero) is 1. The lowest BCUT2D eigenvalue weighted by molar-refractivity contribution is -0.139. The highest BCUT2D eigenvalue weighted by atomic mass is 16.5. The summed E-state index contributed by atoms with van der Waals surface area (Å²) in [5.41, 5.74) is 1.19. The van der Waals surface area contributed by atoms with Crippen LogP contribution in [0, 0.1) is 0 Å². The van der Waals surface area contributed by atoms with E-state index in [2.05, 4.69) is 4.98 Å². The van der Waals surface area contributed by atoms with Crippen molar-refractivity contribution in [3.63, 3.8) is 0 Å². The number of ketones is 1. The van der Waals surface area contributed by atoms with E-state index in [0.717, 1.165) is 0 Å². The molecule has 1 aliphatic heterocycles. The maximum atomic E-state index is 13.1. The monoisotopic (exact) mass is 461 g/mol. The van der Waals surface area contributed by atoms with Gasteiger partial charge in [0.1, 0.15) is 5.76 Å². The molecule has 8 nitrogen and oxygen atoms in total. The van der Waals surface area contributed by atoms with Crippen LogP contribution in [0.3, 0.4) is 0 Å². The molecule has 3 aromatic rings. The second-order valence-electron chi connectivity index (χ2n) is 7.86. The molecule has 0 unspecified atom stereocenters. The second kappa shape index (κ2) is 10.2. The highest BCUT2D eigenvalue weighted by molar-refractivity contribution is 6.46. The molecule has 0 saturated carbocycles. The standard InChI is InChI=1S/C26H27N3O5/c1-3-34-20-11-10-19(16-21(20)33-2)23-22(24(30)18-8-5-4-6-9-18)25(31)26(32)29(23)14-7-13-28-15-12-27-17-28/h4-6,8-12,15-17,23,30H,3,7,13-14H2,1-2H3/b24-22+/t23-/m0/s1. The first-order chi connectivity index (χ1) is 16.5. The predicted octanol–water partition coefficient (Wildman–Crippen LogP) is 3.80. The van der Waals surface area contributed by atoms with E-state index in [9.17, 15) is 14.7 Å². The average molecular weight is 462 g/mol. The van der Waals surface area contributed by atoms with Crippen LogP contribution in [0.1, 0.15) is 30.5 Å². The second-order valence-corrected chi connectivity index (χ2v) is 7.86. The molecular weight excluding hydrogens is 434 g/mol. The number of likely N-dealkylation sites (tertiary alicyclic amines) is 1. The van der Waals surface area contributed by atoms with Crippen LogP contribution in [-0.4, -0.2) is 51.5 Å². The number of benzene rings is 2. The van der Waals surface area contributed by atoms with Crippen LogP contribution in [-0.2, 0) is 16.1 Å². The lowest BCUT2D eigenvalue weighted by Gasteiger charge is -2.26. The molecule has 4 rings (SSSR count). The molecule has 0 aliphatic carbocycles. The summed E-state index contributed by atoms with van der Waals surface area (Å²) in [6.45, 7) is 3.31. The van der Waals surface area contributed by atoms with Crippen LogP contribution in [0.4, 0.5) is 0 Å². The number of carbonyl (C=O) groups excluding carboxylic acids is 2. The van der Waals surface area contributed by atoms with Crippen LogP contribution in [0.5, 0.6) is 11.5 Å². The van der Waals surface area contributed by atoms with Crippen molar-refractivity contribution in [3.8, 4) is 11.5 Å². The van der Waals surface area contributed by atoms with Crippen molar-refractivity contribution in [1.82, 2.24) is 14.5 Å². The Hall–Kier alpha value is -4.07. The number of rotatable bonds is 9. The SMILES string of the molecule is CCOc1ccc([C@H]2/C(=C(\O)c3ccccc3)C(=O)C(=O)N2CCCn2ccnc2)cc1OC. The molecule has 34 heavy (non-hydrogen) atoms. The van der Waals surface area contributed by atoms with Crippen LogP contribution < -0.4 is 9.47 Å². The van der Waals surface area contributed by atoms with E-state index in [-0.39, 0.29) is 11.3 Å². The predicted molar refractivity (Wildman–Crippen MR) is 126 cm³/mol. The van der Waals surface area contributed by atoms with Crippen molar-refractivity contribution in [2.75, 3.05) is 20.3 Å². The molecule has 2 aromatic carbocycles. The number of aromatic nitrogens is 2. The molecule has 1 aromatic heterocycles. The molecule has 1 fully saturated rings. The van der Waals surface area contributed by atoms with Crippen molar-refractivity contribution < 1.29 is 24.2 Å². The summed E-state index contributed by atoms with van der Waals surface area (Å²) in [6, 6.07) is 13.3. The lowest BCUT2D eigenvalue weighted by Crippen LogP contribution is -2.31. The zero-order valence-electron chi connectivity index (χ0n) is 19.2. The largest absolute Gasteiger partial charge is 0.507 e. The van der Waals surface area contributed by atoms with Gasteiger partial charge in [0.25, 0.3) is 11.7 Å². The smallest absolute Gasteiger partial charge is 0.295 e. The van der Waals surface area contributed by atoms with Gasteiger partial charge in [-0.2, -0.15) is 0 Å². The fraction of sp³-hybridized carbons (Fsp3) is 0.269. The maximum Gasteiger partial charge on any atom is 0.295 e. The number of amides is 1. The maximum absolute atomic E-state index is 13.1. The zero-order valence-corrected chi connectivity index (χ0v) is 19.2. The third-order valence-electron chi connectivity index (χ3n) is 5.76. The minimum absolute atomic E-state index is 0.0602. The van der Waals surface area contributed by atoms with Gasteiger partial charge in [0.15, 0.2) is 11.5 Å². The van der Waals surface area contributed by atoms with Crippen LogP contribution in [0.15, 0.2) is 72.8 Å². The van der Waals surface area contributed by atoms with Gasteiger partial charge in [0.05, 0.1) is 31.7 Å². The van der Waals surface area contributed by atoms with E-state index in [4.69, 9.17) is 9.47 Å².